The molecule has 3 amide bonds. The van der Waals surface area contributed by atoms with E-state index in [9.17, 15) is 19.2 Å². The molecule has 0 radical (unpaired) electrons. The molecule has 1 aliphatic heterocycles. The van der Waals surface area contributed by atoms with Crippen molar-refractivity contribution < 1.29 is 24.3 Å². The first kappa shape index (κ1) is 33.9. The van der Waals surface area contributed by atoms with Crippen molar-refractivity contribution in [2.24, 2.45) is 0 Å². The summed E-state index contributed by atoms with van der Waals surface area (Å²) in [5, 5.41) is 13.0. The van der Waals surface area contributed by atoms with Crippen LogP contribution in [-0.2, 0) is 16.0 Å². The van der Waals surface area contributed by atoms with Crippen molar-refractivity contribution in [3.8, 4) is 11.1 Å². The van der Waals surface area contributed by atoms with Gasteiger partial charge in [-0.1, -0.05) is 78.9 Å². The normalized spacial score (nSPS) is 12.2. The van der Waals surface area contributed by atoms with E-state index >= 15 is 0 Å². The Kier molecular flexibility index (Phi) is 9.88. The first-order chi connectivity index (χ1) is 25.4. The fourth-order valence-corrected chi connectivity index (χ4v) is 6.79. The van der Waals surface area contributed by atoms with Crippen LogP contribution in [0.5, 0.6) is 0 Å². The molecule has 0 saturated carbocycles. The van der Waals surface area contributed by atoms with Gasteiger partial charge in [0.15, 0.2) is 0 Å². The number of imide groups is 1. The van der Waals surface area contributed by atoms with Gasteiger partial charge in [0.25, 0.3) is 11.8 Å². The maximum Gasteiger partial charge on any atom is 0.303 e. The summed E-state index contributed by atoms with van der Waals surface area (Å²) in [6.07, 6.45) is 2.01. The summed E-state index contributed by atoms with van der Waals surface area (Å²) in [5.41, 5.74) is 7.43. The molecule has 0 spiro atoms. The predicted octanol–water partition coefficient (Wildman–Crippen LogP) is 9.08. The molecule has 0 fully saturated rings. The molecule has 7 rings (SSSR count). The fourth-order valence-electron chi connectivity index (χ4n) is 6.79. The van der Waals surface area contributed by atoms with Crippen molar-refractivity contribution in [2.75, 3.05) is 16.3 Å². The third kappa shape index (κ3) is 7.04. The van der Waals surface area contributed by atoms with Gasteiger partial charge in [-0.3, -0.25) is 19.2 Å². The van der Waals surface area contributed by atoms with Crippen molar-refractivity contribution in [1.82, 2.24) is 5.32 Å². The lowest BCUT2D eigenvalue weighted by molar-refractivity contribution is -0.137. The van der Waals surface area contributed by atoms with Crippen molar-refractivity contribution in [3.63, 3.8) is 0 Å². The monoisotopic (exact) mass is 687 g/mol. The Morgan fingerprint density at radius 1 is 0.596 bits per heavy atom. The van der Waals surface area contributed by atoms with Gasteiger partial charge in [0, 0.05) is 53.0 Å². The maximum absolute atomic E-state index is 14.0. The van der Waals surface area contributed by atoms with Crippen LogP contribution in [0.3, 0.4) is 0 Å². The minimum Gasteiger partial charge on any atom is -0.481 e. The highest BCUT2D eigenvalue weighted by Gasteiger charge is 2.34. The average Bonchev–Trinajstić information content (AvgIpc) is 3.17. The summed E-state index contributed by atoms with van der Waals surface area (Å²) in [5.74, 6) is -1.74. The van der Waals surface area contributed by atoms with E-state index in [-0.39, 0.29) is 24.1 Å². The number of carboxylic acids is 1. The average molecular weight is 688 g/mol. The molecule has 0 atom stereocenters. The molecule has 2 N–H and O–H groups in total. The smallest absolute Gasteiger partial charge is 0.303 e. The Bertz CT molecular complexity index is 2190. The van der Waals surface area contributed by atoms with E-state index in [0.29, 0.717) is 54.4 Å². The van der Waals surface area contributed by atoms with E-state index in [2.05, 4.69) is 58.7 Å². The van der Waals surface area contributed by atoms with Gasteiger partial charge in [-0.05, 0) is 102 Å². The number of carbonyl (C=O) groups is 4. The lowest BCUT2D eigenvalue weighted by atomic mass is 9.89. The zero-order chi connectivity index (χ0) is 36.0. The summed E-state index contributed by atoms with van der Waals surface area (Å²) in [6.45, 7) is 0.340. The van der Waals surface area contributed by atoms with Gasteiger partial charge in [0.2, 0.25) is 5.91 Å². The van der Waals surface area contributed by atoms with Gasteiger partial charge in [0.1, 0.15) is 0 Å². The molecule has 1 heterocycles. The molecule has 6 aromatic carbocycles. The van der Waals surface area contributed by atoms with Crippen molar-refractivity contribution >= 4 is 57.2 Å². The van der Waals surface area contributed by atoms with E-state index in [4.69, 9.17) is 5.11 Å². The molecule has 0 bridgehead atoms. The van der Waals surface area contributed by atoms with Gasteiger partial charge in [0.05, 0.1) is 5.69 Å². The number of nitrogens with zero attached hydrogens (tertiary/aromatic N) is 2. The van der Waals surface area contributed by atoms with Gasteiger partial charge in [-0.25, -0.2) is 4.90 Å². The number of aryl methyl sites for hydroxylation is 1. The molecule has 8 nitrogen and oxygen atoms in total. The van der Waals surface area contributed by atoms with Crippen LogP contribution in [0.4, 0.5) is 22.7 Å². The number of aliphatic carboxylic acids is 1. The minimum absolute atomic E-state index is 0.0235. The van der Waals surface area contributed by atoms with Crippen LogP contribution in [-0.4, -0.2) is 35.3 Å². The summed E-state index contributed by atoms with van der Waals surface area (Å²) < 4.78 is 0. The first-order valence-electron chi connectivity index (χ1n) is 17.4. The molecular formula is C44H37N3O5. The van der Waals surface area contributed by atoms with Gasteiger partial charge < -0.3 is 15.3 Å². The van der Waals surface area contributed by atoms with Crippen LogP contribution in [0, 0.1) is 0 Å². The number of amides is 3. The third-order valence-corrected chi connectivity index (χ3v) is 9.33. The van der Waals surface area contributed by atoms with Crippen molar-refractivity contribution in [1.29, 1.82) is 0 Å². The zero-order valence-corrected chi connectivity index (χ0v) is 28.5. The van der Waals surface area contributed by atoms with Crippen molar-refractivity contribution in [2.45, 2.75) is 32.1 Å². The Morgan fingerprint density at radius 3 is 1.83 bits per heavy atom. The molecule has 1 aliphatic rings. The number of benzene rings is 6. The van der Waals surface area contributed by atoms with Gasteiger partial charge in [-0.15, -0.1) is 0 Å². The standard InChI is InChI=1S/C44H37N3O5/c48-40(45-29-9-18-41(49)50)17-7-10-30-19-23-35(24-20-30)47-43(51)38-16-8-15-37-36(27-28-39(42(37)38)44(47)52)31-21-25-34(26-22-31)46(32-11-3-1-4-12-32)33-13-5-2-6-14-33/h1-6,8,11-16,19-28H,7,9-10,17-18,29H2,(H,45,48)(H,49,50). The third-order valence-electron chi connectivity index (χ3n) is 9.33. The number of carbonyl (C=O) groups excluding carboxylic acids is 3. The fraction of sp³-hybridized carbons (Fsp3) is 0.136. The Balaban J connectivity index is 1.09. The highest BCUT2D eigenvalue weighted by Crippen LogP contribution is 2.40. The Hall–Kier alpha value is -6.54. The van der Waals surface area contributed by atoms with Crippen LogP contribution in [0.15, 0.2) is 140 Å². The highest BCUT2D eigenvalue weighted by molar-refractivity contribution is 6.36. The molecule has 0 aliphatic carbocycles. The van der Waals surface area contributed by atoms with E-state index in [1.165, 1.54) is 4.90 Å². The van der Waals surface area contributed by atoms with Crippen LogP contribution >= 0.6 is 0 Å². The lowest BCUT2D eigenvalue weighted by Crippen LogP contribution is -2.40. The second-order valence-electron chi connectivity index (χ2n) is 12.8. The largest absolute Gasteiger partial charge is 0.481 e. The van der Waals surface area contributed by atoms with Crippen LogP contribution < -0.4 is 15.1 Å². The predicted molar refractivity (Wildman–Crippen MR) is 204 cm³/mol. The number of para-hydroxylation sites is 2. The molecule has 0 saturated heterocycles. The summed E-state index contributed by atoms with van der Waals surface area (Å²) in [4.78, 5) is 54.1. The van der Waals surface area contributed by atoms with Crippen LogP contribution in [0.1, 0.15) is 52.0 Å². The van der Waals surface area contributed by atoms with E-state index in [1.807, 2.05) is 72.8 Å². The van der Waals surface area contributed by atoms with Crippen LogP contribution in [0.25, 0.3) is 21.9 Å². The second kappa shape index (κ2) is 15.1. The summed E-state index contributed by atoms with van der Waals surface area (Å²) in [7, 11) is 0. The molecule has 258 valence electrons. The number of anilines is 4. The van der Waals surface area contributed by atoms with E-state index in [0.717, 1.165) is 39.1 Å². The quantitative estimate of drug-likeness (QED) is 0.0927. The van der Waals surface area contributed by atoms with E-state index in [1.54, 1.807) is 18.2 Å². The maximum atomic E-state index is 14.0. The highest BCUT2D eigenvalue weighted by atomic mass is 16.4. The number of hydrogen-bond acceptors (Lipinski definition) is 5. The van der Waals surface area contributed by atoms with Crippen LogP contribution in [0.2, 0.25) is 0 Å². The molecule has 6 aromatic rings. The van der Waals surface area contributed by atoms with Gasteiger partial charge in [-0.2, -0.15) is 0 Å². The number of nitrogens with one attached hydrogen (secondary N) is 1. The molecule has 0 unspecified atom stereocenters. The summed E-state index contributed by atoms with van der Waals surface area (Å²) >= 11 is 0. The SMILES string of the molecule is O=C(O)CCCNC(=O)CCCc1ccc(N2C(=O)c3cccc4c(-c5ccc(N(c6ccccc6)c6ccccc6)cc5)ccc(c34)C2=O)cc1. The number of carboxylic acid groups (broad SMARTS) is 1. The molecular weight excluding hydrogens is 651 g/mol. The first-order valence-corrected chi connectivity index (χ1v) is 17.4. The number of hydrogen-bond donors (Lipinski definition) is 2. The lowest BCUT2D eigenvalue weighted by Gasteiger charge is -2.28. The Morgan fingerprint density at radius 2 is 1.19 bits per heavy atom. The van der Waals surface area contributed by atoms with Gasteiger partial charge >= 0.3 is 5.97 Å². The molecule has 52 heavy (non-hydrogen) atoms. The zero-order valence-electron chi connectivity index (χ0n) is 28.5. The molecule has 0 aromatic heterocycles. The second-order valence-corrected chi connectivity index (χ2v) is 12.8. The van der Waals surface area contributed by atoms with E-state index < -0.39 is 5.97 Å². The minimum atomic E-state index is -0.880. The van der Waals surface area contributed by atoms with Crippen molar-refractivity contribution in [3.05, 3.63) is 156 Å². The Labute approximate surface area is 301 Å². The summed E-state index contributed by atoms with van der Waals surface area (Å²) in [6, 6.07) is 45.4. The molecule has 8 heteroatoms. The number of rotatable bonds is 13. The topological polar surface area (TPSA) is 107 Å².